The summed E-state index contributed by atoms with van der Waals surface area (Å²) in [6.45, 7) is 2.70. The molecule has 0 radical (unpaired) electrons. The van der Waals surface area contributed by atoms with Gasteiger partial charge in [-0.1, -0.05) is 12.8 Å². The molecule has 2 aliphatic rings. The second-order valence-corrected chi connectivity index (χ2v) is 4.49. The molecule has 2 rings (SSSR count). The lowest BCUT2D eigenvalue weighted by molar-refractivity contribution is -0.126. The van der Waals surface area contributed by atoms with E-state index in [9.17, 15) is 9.59 Å². The summed E-state index contributed by atoms with van der Waals surface area (Å²) in [6, 6.07) is 0.254. The van der Waals surface area contributed by atoms with E-state index in [1.165, 1.54) is 0 Å². The van der Waals surface area contributed by atoms with Gasteiger partial charge in [0.15, 0.2) is 0 Å². The Kier molecular flexibility index (Phi) is 3.31. The fourth-order valence-electron chi connectivity index (χ4n) is 2.65. The molecule has 2 fully saturated rings. The number of urea groups is 1. The number of carbonyl (C=O) groups excluding carboxylic acids is 2. The third-order valence-corrected chi connectivity index (χ3v) is 3.38. The first-order chi connectivity index (χ1) is 7.72. The molecular formula is C11H19N3O2. The molecule has 2 N–H and O–H groups in total. The van der Waals surface area contributed by atoms with E-state index in [-0.39, 0.29) is 30.6 Å². The smallest absolute Gasteiger partial charge is 0.318 e. The molecule has 5 heteroatoms. The normalized spacial score (nSPS) is 29.3. The maximum Gasteiger partial charge on any atom is 0.318 e. The first kappa shape index (κ1) is 11.2. The van der Waals surface area contributed by atoms with Crippen LogP contribution in [0.1, 0.15) is 32.6 Å². The van der Waals surface area contributed by atoms with E-state index in [1.807, 2.05) is 6.92 Å². The van der Waals surface area contributed by atoms with Crippen LogP contribution in [-0.4, -0.2) is 42.0 Å². The Labute approximate surface area is 95.6 Å². The molecule has 1 aliphatic heterocycles. The number of piperazine rings is 1. The average molecular weight is 225 g/mol. The van der Waals surface area contributed by atoms with Gasteiger partial charge in [-0.05, 0) is 19.8 Å². The van der Waals surface area contributed by atoms with Crippen LogP contribution >= 0.6 is 0 Å². The van der Waals surface area contributed by atoms with Crippen LogP contribution in [0.4, 0.5) is 4.79 Å². The molecule has 0 aromatic heterocycles. The fourth-order valence-corrected chi connectivity index (χ4v) is 2.65. The van der Waals surface area contributed by atoms with Gasteiger partial charge in [-0.2, -0.15) is 0 Å². The predicted octanol–water partition coefficient (Wildman–Crippen LogP) is 0.459. The van der Waals surface area contributed by atoms with Crippen molar-refractivity contribution in [1.82, 2.24) is 15.5 Å². The monoisotopic (exact) mass is 225 g/mol. The lowest BCUT2D eigenvalue weighted by atomic mass is 9.87. The van der Waals surface area contributed by atoms with Crippen LogP contribution in [0.25, 0.3) is 0 Å². The number of hydrogen-bond acceptors (Lipinski definition) is 2. The van der Waals surface area contributed by atoms with Crippen molar-refractivity contribution >= 4 is 11.9 Å². The van der Waals surface area contributed by atoms with E-state index < -0.39 is 0 Å². The van der Waals surface area contributed by atoms with Gasteiger partial charge in [-0.3, -0.25) is 4.79 Å². The van der Waals surface area contributed by atoms with E-state index in [4.69, 9.17) is 0 Å². The van der Waals surface area contributed by atoms with Crippen LogP contribution in [0.3, 0.4) is 0 Å². The molecule has 5 nitrogen and oxygen atoms in total. The van der Waals surface area contributed by atoms with Gasteiger partial charge in [-0.25, -0.2) is 4.79 Å². The van der Waals surface area contributed by atoms with E-state index >= 15 is 0 Å². The van der Waals surface area contributed by atoms with Crippen LogP contribution < -0.4 is 10.6 Å². The Morgan fingerprint density at radius 2 is 2.25 bits per heavy atom. The van der Waals surface area contributed by atoms with E-state index in [1.54, 1.807) is 4.90 Å². The zero-order valence-electron chi connectivity index (χ0n) is 9.66. The number of fused-ring (bicyclic) bond motifs is 1. The van der Waals surface area contributed by atoms with Crippen molar-refractivity contribution in [2.45, 2.75) is 44.7 Å². The molecule has 2 unspecified atom stereocenters. The van der Waals surface area contributed by atoms with Crippen LogP contribution in [-0.2, 0) is 4.79 Å². The third-order valence-electron chi connectivity index (χ3n) is 3.38. The SMILES string of the molecule is CCNC(=O)N1CC(=O)NC2CCCCC21. The molecule has 1 saturated carbocycles. The highest BCUT2D eigenvalue weighted by atomic mass is 16.2. The van der Waals surface area contributed by atoms with Gasteiger partial charge in [0.2, 0.25) is 5.91 Å². The topological polar surface area (TPSA) is 61.4 Å². The second-order valence-electron chi connectivity index (χ2n) is 4.49. The van der Waals surface area contributed by atoms with Crippen LogP contribution in [0.5, 0.6) is 0 Å². The highest BCUT2D eigenvalue weighted by Crippen LogP contribution is 2.25. The summed E-state index contributed by atoms with van der Waals surface area (Å²) >= 11 is 0. The molecule has 90 valence electrons. The van der Waals surface area contributed by atoms with E-state index in [2.05, 4.69) is 10.6 Å². The maximum atomic E-state index is 11.8. The lowest BCUT2D eigenvalue weighted by Crippen LogP contribution is -2.64. The van der Waals surface area contributed by atoms with Crippen molar-refractivity contribution in [1.29, 1.82) is 0 Å². The highest BCUT2D eigenvalue weighted by Gasteiger charge is 2.38. The highest BCUT2D eigenvalue weighted by molar-refractivity contribution is 5.86. The molecule has 1 saturated heterocycles. The summed E-state index contributed by atoms with van der Waals surface area (Å²) < 4.78 is 0. The molecule has 1 aliphatic carbocycles. The zero-order chi connectivity index (χ0) is 11.5. The quantitative estimate of drug-likeness (QED) is 0.681. The number of rotatable bonds is 1. The molecular weight excluding hydrogens is 206 g/mol. The molecule has 0 spiro atoms. The molecule has 0 bridgehead atoms. The number of nitrogens with zero attached hydrogens (tertiary/aromatic N) is 1. The Morgan fingerprint density at radius 1 is 1.50 bits per heavy atom. The predicted molar refractivity (Wildman–Crippen MR) is 60.0 cm³/mol. The minimum Gasteiger partial charge on any atom is -0.350 e. The first-order valence-corrected chi connectivity index (χ1v) is 6.06. The first-order valence-electron chi connectivity index (χ1n) is 6.06. The third kappa shape index (κ3) is 2.13. The van der Waals surface area contributed by atoms with Gasteiger partial charge in [0.1, 0.15) is 6.54 Å². The Hall–Kier alpha value is -1.26. The average Bonchev–Trinajstić information content (AvgIpc) is 2.28. The molecule has 16 heavy (non-hydrogen) atoms. The minimum atomic E-state index is -0.103. The van der Waals surface area contributed by atoms with Gasteiger partial charge in [0.05, 0.1) is 6.04 Å². The van der Waals surface area contributed by atoms with Gasteiger partial charge < -0.3 is 15.5 Å². The Bertz CT molecular complexity index is 293. The summed E-state index contributed by atoms with van der Waals surface area (Å²) in [4.78, 5) is 25.0. The van der Waals surface area contributed by atoms with Gasteiger partial charge in [-0.15, -0.1) is 0 Å². The lowest BCUT2D eigenvalue weighted by Gasteiger charge is -2.43. The molecule has 0 aromatic rings. The summed E-state index contributed by atoms with van der Waals surface area (Å²) in [5.74, 6) is -0.0330. The molecule has 2 atom stereocenters. The molecule has 0 aromatic carbocycles. The fraction of sp³-hybridized carbons (Fsp3) is 0.818. The summed E-state index contributed by atoms with van der Waals surface area (Å²) in [5.41, 5.74) is 0. The van der Waals surface area contributed by atoms with Gasteiger partial charge in [0.25, 0.3) is 0 Å². The van der Waals surface area contributed by atoms with Crippen molar-refractivity contribution in [2.75, 3.05) is 13.1 Å². The Morgan fingerprint density at radius 3 is 3.00 bits per heavy atom. The summed E-state index contributed by atoms with van der Waals surface area (Å²) in [6.07, 6.45) is 4.28. The van der Waals surface area contributed by atoms with Gasteiger partial charge in [0, 0.05) is 12.6 Å². The summed E-state index contributed by atoms with van der Waals surface area (Å²) in [5, 5.41) is 5.76. The van der Waals surface area contributed by atoms with E-state index in [0.717, 1.165) is 25.7 Å². The zero-order valence-corrected chi connectivity index (χ0v) is 9.66. The minimum absolute atomic E-state index is 0.0330. The number of nitrogens with one attached hydrogen (secondary N) is 2. The van der Waals surface area contributed by atoms with Crippen LogP contribution in [0.15, 0.2) is 0 Å². The Balaban J connectivity index is 2.08. The van der Waals surface area contributed by atoms with E-state index in [0.29, 0.717) is 6.54 Å². The van der Waals surface area contributed by atoms with Crippen molar-refractivity contribution in [3.8, 4) is 0 Å². The number of amides is 3. The second kappa shape index (κ2) is 4.72. The molecule has 1 heterocycles. The van der Waals surface area contributed by atoms with Gasteiger partial charge >= 0.3 is 6.03 Å². The van der Waals surface area contributed by atoms with Crippen LogP contribution in [0, 0.1) is 0 Å². The van der Waals surface area contributed by atoms with Crippen molar-refractivity contribution in [3.05, 3.63) is 0 Å². The largest absolute Gasteiger partial charge is 0.350 e. The van der Waals surface area contributed by atoms with Crippen LogP contribution in [0.2, 0.25) is 0 Å². The van der Waals surface area contributed by atoms with Crippen molar-refractivity contribution in [2.24, 2.45) is 0 Å². The molecule has 3 amide bonds. The maximum absolute atomic E-state index is 11.8. The summed E-state index contributed by atoms with van der Waals surface area (Å²) in [7, 11) is 0. The van der Waals surface area contributed by atoms with Crippen molar-refractivity contribution in [3.63, 3.8) is 0 Å². The number of hydrogen-bond donors (Lipinski definition) is 2. The standard InChI is InChI=1S/C11H19N3O2/c1-2-12-11(16)14-7-10(15)13-8-5-3-4-6-9(8)14/h8-9H,2-7H2,1H3,(H,12,16)(H,13,15). The number of carbonyl (C=O) groups is 2. The van der Waals surface area contributed by atoms with Crippen molar-refractivity contribution < 1.29 is 9.59 Å².